The maximum Gasteiger partial charge on any atom is 0.387 e. The molecule has 2 aromatic rings. The summed E-state index contributed by atoms with van der Waals surface area (Å²) in [5, 5.41) is 14.4. The molecule has 0 spiro atoms. The number of halogens is 3. The van der Waals surface area contributed by atoms with Crippen LogP contribution < -0.4 is 15.0 Å². The van der Waals surface area contributed by atoms with Crippen molar-refractivity contribution in [3.8, 4) is 5.75 Å². The van der Waals surface area contributed by atoms with Crippen LogP contribution in [0.15, 0.2) is 42.5 Å². The lowest BCUT2D eigenvalue weighted by Crippen LogP contribution is -2.53. The summed E-state index contributed by atoms with van der Waals surface area (Å²) in [6.07, 6.45) is 0. The molecule has 31 heavy (non-hydrogen) atoms. The minimum atomic E-state index is -2.91. The SMILES string of the molecule is CC(C(=O)Nc1ccc(OC(F)F)cc1)N1CCN(c2ccc(Cl)cc2[N+](=O)[O-])CC1. The minimum Gasteiger partial charge on any atom is -0.435 e. The third-order valence-electron chi connectivity index (χ3n) is 5.06. The second-order valence-corrected chi connectivity index (χ2v) is 7.42. The van der Waals surface area contributed by atoms with Gasteiger partial charge in [0.05, 0.1) is 11.0 Å². The van der Waals surface area contributed by atoms with Gasteiger partial charge in [-0.1, -0.05) is 11.6 Å². The summed E-state index contributed by atoms with van der Waals surface area (Å²) in [7, 11) is 0. The largest absolute Gasteiger partial charge is 0.435 e. The number of amides is 1. The van der Waals surface area contributed by atoms with Crippen LogP contribution >= 0.6 is 11.6 Å². The van der Waals surface area contributed by atoms with E-state index in [4.69, 9.17) is 11.6 Å². The second kappa shape index (κ2) is 9.88. The minimum absolute atomic E-state index is 0.00784. The molecule has 1 N–H and O–H groups in total. The Bertz CT molecular complexity index is 937. The molecule has 1 heterocycles. The molecular formula is C20H21ClF2N4O4. The lowest BCUT2D eigenvalue weighted by molar-refractivity contribution is -0.384. The molecule has 1 aliphatic rings. The molecule has 1 aliphatic heterocycles. The predicted octanol–water partition coefficient (Wildman–Crippen LogP) is 4.00. The number of anilines is 2. The lowest BCUT2D eigenvalue weighted by Gasteiger charge is -2.38. The van der Waals surface area contributed by atoms with Crippen molar-refractivity contribution in [1.29, 1.82) is 0 Å². The Balaban J connectivity index is 1.57. The molecule has 1 atom stereocenters. The van der Waals surface area contributed by atoms with Crippen molar-refractivity contribution >= 4 is 34.6 Å². The molecule has 0 bridgehead atoms. The van der Waals surface area contributed by atoms with Gasteiger partial charge in [0.25, 0.3) is 5.69 Å². The standard InChI is InChI=1S/C20H21ClF2N4O4/c1-13(19(28)24-15-3-5-16(6-4-15)31-20(22)23)25-8-10-26(11-9-25)17-7-2-14(21)12-18(17)27(29)30/h2-7,12-13,20H,8-11H2,1H3,(H,24,28). The number of nitrogens with zero attached hydrogens (tertiary/aromatic N) is 3. The third-order valence-corrected chi connectivity index (χ3v) is 5.30. The zero-order valence-electron chi connectivity index (χ0n) is 16.6. The molecule has 0 aromatic heterocycles. The topological polar surface area (TPSA) is 88.0 Å². The number of hydrogen-bond donors (Lipinski definition) is 1. The van der Waals surface area contributed by atoms with E-state index in [1.54, 1.807) is 19.1 Å². The summed E-state index contributed by atoms with van der Waals surface area (Å²) < 4.78 is 28.7. The molecule has 1 saturated heterocycles. The number of rotatable bonds is 7. The van der Waals surface area contributed by atoms with Crippen LogP contribution in [0.3, 0.4) is 0 Å². The number of hydrogen-bond acceptors (Lipinski definition) is 6. The maximum absolute atomic E-state index is 12.6. The Kier molecular flexibility index (Phi) is 7.24. The summed E-state index contributed by atoms with van der Waals surface area (Å²) in [5.41, 5.74) is 0.914. The number of benzene rings is 2. The first-order valence-corrected chi connectivity index (χ1v) is 9.91. The molecule has 1 unspecified atom stereocenters. The Morgan fingerprint density at radius 2 is 1.81 bits per heavy atom. The van der Waals surface area contributed by atoms with Crippen molar-refractivity contribution in [1.82, 2.24) is 4.90 Å². The van der Waals surface area contributed by atoms with Crippen LogP contribution in [0.2, 0.25) is 5.02 Å². The quantitative estimate of drug-likeness (QED) is 0.502. The third kappa shape index (κ3) is 5.80. The van der Waals surface area contributed by atoms with Gasteiger partial charge in [-0.05, 0) is 43.3 Å². The van der Waals surface area contributed by atoms with Crippen LogP contribution in [0.25, 0.3) is 0 Å². The number of piperazine rings is 1. The van der Waals surface area contributed by atoms with Gasteiger partial charge >= 0.3 is 6.61 Å². The number of carbonyl (C=O) groups excluding carboxylic acids is 1. The van der Waals surface area contributed by atoms with Gasteiger partial charge in [-0.25, -0.2) is 0 Å². The average Bonchev–Trinajstić information content (AvgIpc) is 2.74. The molecule has 1 amide bonds. The number of alkyl halides is 2. The molecule has 2 aromatic carbocycles. The van der Waals surface area contributed by atoms with E-state index in [1.807, 2.05) is 9.80 Å². The summed E-state index contributed by atoms with van der Waals surface area (Å²) in [6, 6.07) is 9.81. The van der Waals surface area contributed by atoms with Crippen molar-refractivity contribution < 1.29 is 23.2 Å². The van der Waals surface area contributed by atoms with E-state index in [1.165, 1.54) is 30.3 Å². The van der Waals surface area contributed by atoms with E-state index < -0.39 is 17.6 Å². The average molecular weight is 455 g/mol. The molecule has 11 heteroatoms. The molecule has 3 rings (SSSR count). The van der Waals surface area contributed by atoms with Gasteiger partial charge in [-0.3, -0.25) is 19.8 Å². The fraction of sp³-hybridized carbons (Fsp3) is 0.350. The highest BCUT2D eigenvalue weighted by Crippen LogP contribution is 2.31. The number of ether oxygens (including phenoxy) is 1. The van der Waals surface area contributed by atoms with Crippen molar-refractivity contribution in [2.45, 2.75) is 19.6 Å². The highest BCUT2D eigenvalue weighted by atomic mass is 35.5. The molecule has 8 nitrogen and oxygen atoms in total. The fourth-order valence-corrected chi connectivity index (χ4v) is 3.56. The van der Waals surface area contributed by atoms with Crippen LogP contribution in [-0.2, 0) is 4.79 Å². The molecule has 0 radical (unpaired) electrons. The molecule has 0 saturated carbocycles. The molecular weight excluding hydrogens is 434 g/mol. The van der Waals surface area contributed by atoms with E-state index in [0.717, 1.165) is 0 Å². The first-order valence-electron chi connectivity index (χ1n) is 9.53. The van der Waals surface area contributed by atoms with Crippen molar-refractivity contribution in [3.05, 3.63) is 57.6 Å². The first kappa shape index (κ1) is 22.7. The van der Waals surface area contributed by atoms with Gasteiger partial charge in [0, 0.05) is 43.0 Å². The van der Waals surface area contributed by atoms with Crippen LogP contribution in [0.5, 0.6) is 5.75 Å². The monoisotopic (exact) mass is 454 g/mol. The van der Waals surface area contributed by atoms with Gasteiger partial charge in [-0.2, -0.15) is 8.78 Å². The normalized spacial score (nSPS) is 15.6. The van der Waals surface area contributed by atoms with Gasteiger partial charge < -0.3 is 15.0 Å². The number of nitrogens with one attached hydrogen (secondary N) is 1. The van der Waals surface area contributed by atoms with E-state index in [9.17, 15) is 23.7 Å². The molecule has 0 aliphatic carbocycles. The van der Waals surface area contributed by atoms with Crippen LogP contribution in [-0.4, -0.2) is 54.6 Å². The number of nitro groups is 1. The summed E-state index contributed by atoms with van der Waals surface area (Å²) >= 11 is 5.88. The number of nitro benzene ring substituents is 1. The van der Waals surface area contributed by atoms with E-state index in [2.05, 4.69) is 10.1 Å². The highest BCUT2D eigenvalue weighted by Gasteiger charge is 2.28. The van der Waals surface area contributed by atoms with Crippen LogP contribution in [0.1, 0.15) is 6.92 Å². The summed E-state index contributed by atoms with van der Waals surface area (Å²) in [4.78, 5) is 27.3. The van der Waals surface area contributed by atoms with Gasteiger partial charge in [0.15, 0.2) is 0 Å². The van der Waals surface area contributed by atoms with Crippen molar-refractivity contribution in [3.63, 3.8) is 0 Å². The van der Waals surface area contributed by atoms with Gasteiger partial charge in [0.1, 0.15) is 11.4 Å². The fourth-order valence-electron chi connectivity index (χ4n) is 3.39. The van der Waals surface area contributed by atoms with Gasteiger partial charge in [-0.15, -0.1) is 0 Å². The van der Waals surface area contributed by atoms with E-state index in [-0.39, 0.29) is 17.3 Å². The van der Waals surface area contributed by atoms with Crippen molar-refractivity contribution in [2.75, 3.05) is 36.4 Å². The smallest absolute Gasteiger partial charge is 0.387 e. The van der Waals surface area contributed by atoms with Gasteiger partial charge in [0.2, 0.25) is 5.91 Å². The zero-order valence-corrected chi connectivity index (χ0v) is 17.4. The zero-order chi connectivity index (χ0) is 22.5. The summed E-state index contributed by atoms with van der Waals surface area (Å²) in [5.74, 6) is -0.234. The lowest BCUT2D eigenvalue weighted by atomic mass is 10.1. The Hall–Kier alpha value is -2.98. The van der Waals surface area contributed by atoms with E-state index in [0.29, 0.717) is 42.6 Å². The highest BCUT2D eigenvalue weighted by molar-refractivity contribution is 6.30. The van der Waals surface area contributed by atoms with E-state index >= 15 is 0 Å². The Morgan fingerprint density at radius 1 is 1.16 bits per heavy atom. The van der Waals surface area contributed by atoms with Crippen LogP contribution in [0.4, 0.5) is 25.8 Å². The summed E-state index contributed by atoms with van der Waals surface area (Å²) in [6.45, 7) is 0.961. The predicted molar refractivity (Wildman–Crippen MR) is 113 cm³/mol. The molecule has 166 valence electrons. The first-order chi connectivity index (χ1) is 14.7. The maximum atomic E-state index is 12.6. The second-order valence-electron chi connectivity index (χ2n) is 6.98. The molecule has 1 fully saturated rings. The Labute approximate surface area is 182 Å². The Morgan fingerprint density at radius 3 is 2.39 bits per heavy atom. The van der Waals surface area contributed by atoms with Crippen molar-refractivity contribution in [2.24, 2.45) is 0 Å². The van der Waals surface area contributed by atoms with Crippen LogP contribution in [0, 0.1) is 10.1 Å². The number of carbonyl (C=O) groups is 1.